The Balaban J connectivity index is 2.93. The highest BCUT2D eigenvalue weighted by Crippen LogP contribution is 2.54. The number of aryl methyl sites for hydroxylation is 4. The molecule has 0 unspecified atom stereocenters. The van der Waals surface area contributed by atoms with Crippen LogP contribution < -0.4 is 0 Å². The maximum Gasteiger partial charge on any atom is 0.244 e. The second-order valence-corrected chi connectivity index (χ2v) is 12.2. The zero-order chi connectivity index (χ0) is 15.8. The molecule has 5 heteroatoms. The lowest BCUT2D eigenvalue weighted by Gasteiger charge is -2.22. The molecule has 0 saturated heterocycles. The van der Waals surface area contributed by atoms with E-state index >= 15 is 0 Å². The van der Waals surface area contributed by atoms with Crippen LogP contribution in [0.4, 0.5) is 0 Å². The SMILES string of the molecule is Cc1cccc(C)c1S(c1c(C)cccc1C)=P(O)(O)Cl. The Morgan fingerprint density at radius 2 is 1.05 bits per heavy atom. The Hall–Kier alpha value is -0.570. The van der Waals surface area contributed by atoms with Crippen molar-refractivity contribution in [1.82, 2.24) is 0 Å². The molecule has 0 bridgehead atoms. The third kappa shape index (κ3) is 3.44. The monoisotopic (exact) mass is 342 g/mol. The molecule has 0 heterocycles. The fourth-order valence-corrected chi connectivity index (χ4v) is 9.07. The summed E-state index contributed by atoms with van der Waals surface area (Å²) in [6.07, 6.45) is 0. The molecule has 2 aromatic carbocycles. The Morgan fingerprint density at radius 3 is 1.29 bits per heavy atom. The van der Waals surface area contributed by atoms with E-state index in [4.69, 9.17) is 11.2 Å². The lowest BCUT2D eigenvalue weighted by atomic mass is 10.1. The maximum absolute atomic E-state index is 10.3. The Bertz CT molecular complexity index is 648. The van der Waals surface area contributed by atoms with Crippen molar-refractivity contribution in [3.05, 3.63) is 58.7 Å². The molecule has 2 N–H and O–H groups in total. The van der Waals surface area contributed by atoms with Crippen LogP contribution in [0.5, 0.6) is 0 Å². The second-order valence-electron chi connectivity index (χ2n) is 5.20. The first-order valence-electron chi connectivity index (χ1n) is 6.65. The third-order valence-electron chi connectivity index (χ3n) is 3.44. The van der Waals surface area contributed by atoms with Crippen LogP contribution in [0.25, 0.3) is 0 Å². The van der Waals surface area contributed by atoms with E-state index in [1.807, 2.05) is 64.1 Å². The van der Waals surface area contributed by atoms with Gasteiger partial charge in [0.1, 0.15) is 0 Å². The van der Waals surface area contributed by atoms with Crippen molar-refractivity contribution in [2.45, 2.75) is 37.5 Å². The van der Waals surface area contributed by atoms with Gasteiger partial charge in [0, 0.05) is 9.79 Å². The van der Waals surface area contributed by atoms with E-state index in [0.717, 1.165) is 32.0 Å². The topological polar surface area (TPSA) is 40.5 Å². The Kier molecular flexibility index (Phi) is 5.02. The number of benzene rings is 2. The van der Waals surface area contributed by atoms with Crippen molar-refractivity contribution < 1.29 is 9.79 Å². The molecule has 0 saturated carbocycles. The van der Waals surface area contributed by atoms with Gasteiger partial charge in [-0.1, -0.05) is 46.5 Å². The molecule has 2 rings (SSSR count). The molecule has 0 aromatic heterocycles. The second kappa shape index (κ2) is 6.28. The molecular formula is C16H20ClO2PS. The number of hydrogen-bond donors (Lipinski definition) is 2. The van der Waals surface area contributed by atoms with E-state index in [9.17, 15) is 9.79 Å². The zero-order valence-corrected chi connectivity index (χ0v) is 15.1. The van der Waals surface area contributed by atoms with Gasteiger partial charge in [-0.25, -0.2) is 0 Å². The van der Waals surface area contributed by atoms with E-state index in [-0.39, 0.29) is 0 Å². The molecule has 0 spiro atoms. The molecule has 0 aliphatic carbocycles. The summed E-state index contributed by atoms with van der Waals surface area (Å²) in [6.45, 7) is 7.95. The molecule has 0 aliphatic rings. The largest absolute Gasteiger partial charge is 0.337 e. The third-order valence-corrected chi connectivity index (χ3v) is 9.69. The minimum Gasteiger partial charge on any atom is -0.337 e. The molecular weight excluding hydrogens is 323 g/mol. The van der Waals surface area contributed by atoms with Crippen molar-refractivity contribution in [1.29, 1.82) is 0 Å². The van der Waals surface area contributed by atoms with Crippen LogP contribution in [0.15, 0.2) is 46.2 Å². The average molecular weight is 343 g/mol. The summed E-state index contributed by atoms with van der Waals surface area (Å²) in [6, 6.07) is 11.9. The van der Waals surface area contributed by atoms with Gasteiger partial charge >= 0.3 is 0 Å². The summed E-state index contributed by atoms with van der Waals surface area (Å²) >= 11 is 6.09. The normalized spacial score (nSPS) is 12.0. The van der Waals surface area contributed by atoms with E-state index in [2.05, 4.69) is 0 Å². The van der Waals surface area contributed by atoms with Crippen LogP contribution in [-0.2, 0) is 10.1 Å². The van der Waals surface area contributed by atoms with Gasteiger partial charge in [-0.3, -0.25) is 0 Å². The molecule has 114 valence electrons. The fraction of sp³-hybridized carbons (Fsp3) is 0.250. The summed E-state index contributed by atoms with van der Waals surface area (Å²) in [5.41, 5.74) is 4.14. The molecule has 0 fully saturated rings. The van der Waals surface area contributed by atoms with Gasteiger partial charge in [0.2, 0.25) is 5.84 Å². The Labute approximate surface area is 133 Å². The van der Waals surface area contributed by atoms with Crippen molar-refractivity contribution in [2.75, 3.05) is 0 Å². The average Bonchev–Trinajstić information content (AvgIpc) is 2.35. The quantitative estimate of drug-likeness (QED) is 0.765. The fourth-order valence-electron chi connectivity index (χ4n) is 2.54. The molecule has 0 amide bonds. The van der Waals surface area contributed by atoms with Crippen LogP contribution in [-0.4, -0.2) is 9.79 Å². The standard InChI is InChI=1S/C16H20ClO2PS/c1-11-7-5-8-12(2)15(11)21(20(17,18)19)16-13(3)9-6-10-14(16)4/h5-10,18-19H,1-4H3. The number of rotatable bonds is 2. The van der Waals surface area contributed by atoms with Gasteiger partial charge in [-0.2, -0.15) is 0 Å². The predicted octanol–water partition coefficient (Wildman–Crippen LogP) is 4.86. The summed E-state index contributed by atoms with van der Waals surface area (Å²) in [5, 5.41) is 0. The predicted molar refractivity (Wildman–Crippen MR) is 92.9 cm³/mol. The first-order chi connectivity index (χ1) is 9.73. The number of halogens is 1. The first kappa shape index (κ1) is 16.8. The lowest BCUT2D eigenvalue weighted by molar-refractivity contribution is 0.499. The van der Waals surface area contributed by atoms with Crippen molar-refractivity contribution in [2.24, 2.45) is 0 Å². The van der Waals surface area contributed by atoms with Crippen LogP contribution in [0.1, 0.15) is 22.3 Å². The molecule has 21 heavy (non-hydrogen) atoms. The van der Waals surface area contributed by atoms with Gasteiger partial charge in [0.15, 0.2) is 0 Å². The highest BCUT2D eigenvalue weighted by atomic mass is 35.7. The minimum atomic E-state index is -3.58. The Morgan fingerprint density at radius 1 is 0.762 bits per heavy atom. The van der Waals surface area contributed by atoms with Crippen LogP contribution in [0, 0.1) is 27.7 Å². The van der Waals surface area contributed by atoms with Gasteiger partial charge in [-0.05, 0) is 61.2 Å². The lowest BCUT2D eigenvalue weighted by Crippen LogP contribution is -2.04. The van der Waals surface area contributed by atoms with E-state index in [1.165, 1.54) is 0 Å². The first-order valence-corrected chi connectivity index (χ1v) is 11.1. The molecule has 0 aliphatic heterocycles. The van der Waals surface area contributed by atoms with Gasteiger partial charge in [-0.15, -0.1) is 0 Å². The summed E-state index contributed by atoms with van der Waals surface area (Å²) in [5.74, 6) is -3.58. The van der Waals surface area contributed by atoms with Crippen LogP contribution in [0.2, 0.25) is 0 Å². The molecule has 0 radical (unpaired) electrons. The van der Waals surface area contributed by atoms with E-state index in [0.29, 0.717) is 0 Å². The van der Waals surface area contributed by atoms with Crippen molar-refractivity contribution >= 4 is 27.2 Å². The highest BCUT2D eigenvalue weighted by Gasteiger charge is 2.22. The number of hydrogen-bond acceptors (Lipinski definition) is 0. The van der Waals surface area contributed by atoms with Crippen LogP contribution >= 0.6 is 17.1 Å². The summed E-state index contributed by atoms with van der Waals surface area (Å²) < 4.78 is 0. The van der Waals surface area contributed by atoms with Crippen molar-refractivity contribution in [3.63, 3.8) is 0 Å². The molecule has 0 atom stereocenters. The van der Waals surface area contributed by atoms with E-state index in [1.54, 1.807) is 0 Å². The zero-order valence-electron chi connectivity index (χ0n) is 12.6. The highest BCUT2D eigenvalue weighted by molar-refractivity contribution is 8.37. The summed E-state index contributed by atoms with van der Waals surface area (Å²) in [7, 11) is -0.927. The molecule has 2 aromatic rings. The van der Waals surface area contributed by atoms with E-state index < -0.39 is 15.9 Å². The van der Waals surface area contributed by atoms with Gasteiger partial charge in [0.25, 0.3) is 0 Å². The minimum absolute atomic E-state index is 0.927. The maximum atomic E-state index is 10.3. The van der Waals surface area contributed by atoms with Crippen LogP contribution in [0.3, 0.4) is 0 Å². The summed E-state index contributed by atoms with van der Waals surface area (Å²) in [4.78, 5) is 22.5. The van der Waals surface area contributed by atoms with Gasteiger partial charge < -0.3 is 9.79 Å². The molecule has 2 nitrogen and oxygen atoms in total. The smallest absolute Gasteiger partial charge is 0.244 e. The van der Waals surface area contributed by atoms with Crippen molar-refractivity contribution in [3.8, 4) is 0 Å². The van der Waals surface area contributed by atoms with Gasteiger partial charge in [0.05, 0.1) is 0 Å².